The molecule has 0 saturated carbocycles. The average Bonchev–Trinajstić information content (AvgIpc) is 2.45. The fourth-order valence-corrected chi connectivity index (χ4v) is 2.31. The van der Waals surface area contributed by atoms with Crippen LogP contribution in [-0.2, 0) is 0 Å². The highest BCUT2D eigenvalue weighted by Crippen LogP contribution is 2.26. The fraction of sp³-hybridized carbons (Fsp3) is 0.250. The van der Waals surface area contributed by atoms with Gasteiger partial charge in [-0.15, -0.1) is 0 Å². The first-order valence-corrected chi connectivity index (χ1v) is 7.35. The summed E-state index contributed by atoms with van der Waals surface area (Å²) in [5, 5.41) is 3.36. The van der Waals surface area contributed by atoms with Gasteiger partial charge >= 0.3 is 0 Å². The van der Waals surface area contributed by atoms with Gasteiger partial charge in [0, 0.05) is 0 Å². The van der Waals surface area contributed by atoms with Crippen molar-refractivity contribution in [2.24, 2.45) is 0 Å². The first-order valence-electron chi connectivity index (χ1n) is 6.55. The maximum atomic E-state index is 13.7. The van der Waals surface area contributed by atoms with Crippen molar-refractivity contribution in [3.05, 3.63) is 69.7 Å². The van der Waals surface area contributed by atoms with Crippen LogP contribution in [0.25, 0.3) is 0 Å². The molecule has 0 aromatic heterocycles. The molecule has 0 saturated heterocycles. The molecule has 2 aromatic carbocycles. The molecule has 1 N–H and O–H groups in total. The minimum atomic E-state index is -0.298. The summed E-state index contributed by atoms with van der Waals surface area (Å²) in [6, 6.07) is 11.2. The summed E-state index contributed by atoms with van der Waals surface area (Å²) < 4.78 is 27.2. The van der Waals surface area contributed by atoms with Gasteiger partial charge in [-0.3, -0.25) is 0 Å². The molecule has 4 heteroatoms. The van der Waals surface area contributed by atoms with Crippen LogP contribution in [0.3, 0.4) is 0 Å². The van der Waals surface area contributed by atoms with Crippen LogP contribution in [0.1, 0.15) is 30.5 Å². The quantitative estimate of drug-likeness (QED) is 0.823. The Hall–Kier alpha value is -1.26. The predicted molar refractivity (Wildman–Crippen MR) is 80.6 cm³/mol. The average molecular weight is 340 g/mol. The summed E-state index contributed by atoms with van der Waals surface area (Å²) in [5.74, 6) is -0.571. The van der Waals surface area contributed by atoms with Crippen molar-refractivity contribution < 1.29 is 8.78 Å². The SMILES string of the molecule is CCCNC(c1ccc(F)cc1)c1ccc(Br)c(F)c1. The van der Waals surface area contributed by atoms with Crippen LogP contribution < -0.4 is 5.32 Å². The molecular weight excluding hydrogens is 324 g/mol. The number of rotatable bonds is 5. The number of benzene rings is 2. The molecule has 0 aliphatic carbocycles. The molecule has 2 rings (SSSR count). The molecule has 20 heavy (non-hydrogen) atoms. The number of nitrogens with one attached hydrogen (secondary N) is 1. The van der Waals surface area contributed by atoms with Gasteiger partial charge in [0.25, 0.3) is 0 Å². The highest BCUT2D eigenvalue weighted by atomic mass is 79.9. The van der Waals surface area contributed by atoms with Gasteiger partial charge in [0.15, 0.2) is 0 Å². The number of hydrogen-bond acceptors (Lipinski definition) is 1. The van der Waals surface area contributed by atoms with Gasteiger partial charge in [-0.1, -0.05) is 25.1 Å². The molecule has 0 amide bonds. The van der Waals surface area contributed by atoms with E-state index in [1.807, 2.05) is 6.07 Å². The van der Waals surface area contributed by atoms with E-state index in [1.54, 1.807) is 18.2 Å². The van der Waals surface area contributed by atoms with Gasteiger partial charge in [0.2, 0.25) is 0 Å². The summed E-state index contributed by atoms with van der Waals surface area (Å²) >= 11 is 3.15. The zero-order valence-electron chi connectivity index (χ0n) is 11.2. The summed E-state index contributed by atoms with van der Waals surface area (Å²) in [6.07, 6.45) is 0.969. The Morgan fingerprint density at radius 1 is 1.05 bits per heavy atom. The normalized spacial score (nSPS) is 12.4. The van der Waals surface area contributed by atoms with Gasteiger partial charge in [0.1, 0.15) is 11.6 Å². The minimum Gasteiger partial charge on any atom is -0.306 e. The third kappa shape index (κ3) is 3.64. The van der Waals surface area contributed by atoms with Crippen LogP contribution in [0.5, 0.6) is 0 Å². The second-order valence-corrected chi connectivity index (χ2v) is 5.47. The standard InChI is InChI=1S/C16H16BrF2N/c1-2-9-20-16(11-3-6-13(18)7-4-11)12-5-8-14(17)15(19)10-12/h3-8,10,16,20H,2,9H2,1H3. The van der Waals surface area contributed by atoms with Crippen molar-refractivity contribution in [3.63, 3.8) is 0 Å². The monoisotopic (exact) mass is 339 g/mol. The lowest BCUT2D eigenvalue weighted by molar-refractivity contribution is 0.580. The van der Waals surface area contributed by atoms with Gasteiger partial charge in [-0.2, -0.15) is 0 Å². The first-order chi connectivity index (χ1) is 9.61. The van der Waals surface area contributed by atoms with Crippen LogP contribution in [0, 0.1) is 11.6 Å². The molecule has 0 fully saturated rings. The van der Waals surface area contributed by atoms with Crippen LogP contribution >= 0.6 is 15.9 Å². The Morgan fingerprint density at radius 3 is 2.30 bits per heavy atom. The van der Waals surface area contributed by atoms with E-state index < -0.39 is 0 Å². The Labute approximate surface area is 126 Å². The van der Waals surface area contributed by atoms with E-state index in [2.05, 4.69) is 28.2 Å². The number of halogens is 3. The van der Waals surface area contributed by atoms with Crippen LogP contribution in [0.4, 0.5) is 8.78 Å². The molecule has 2 aromatic rings. The Morgan fingerprint density at radius 2 is 1.70 bits per heavy atom. The summed E-state index contributed by atoms with van der Waals surface area (Å²) in [7, 11) is 0. The van der Waals surface area contributed by atoms with Gasteiger partial charge in [-0.05, 0) is 64.3 Å². The molecule has 0 radical (unpaired) electrons. The Kier molecular flexibility index (Phi) is 5.26. The molecule has 106 valence electrons. The van der Waals surface area contributed by atoms with E-state index in [1.165, 1.54) is 18.2 Å². The molecule has 1 unspecified atom stereocenters. The maximum Gasteiger partial charge on any atom is 0.137 e. The van der Waals surface area contributed by atoms with E-state index in [-0.39, 0.29) is 17.7 Å². The molecular formula is C16H16BrF2N. The van der Waals surface area contributed by atoms with Crippen molar-refractivity contribution in [3.8, 4) is 0 Å². The van der Waals surface area contributed by atoms with E-state index in [4.69, 9.17) is 0 Å². The van der Waals surface area contributed by atoms with Crippen molar-refractivity contribution in [1.82, 2.24) is 5.32 Å². The molecule has 0 aliphatic heterocycles. The number of hydrogen-bond donors (Lipinski definition) is 1. The molecule has 0 aliphatic rings. The predicted octanol–water partition coefficient (Wildman–Crippen LogP) is 4.82. The molecule has 1 atom stereocenters. The third-order valence-electron chi connectivity index (χ3n) is 3.08. The van der Waals surface area contributed by atoms with E-state index in [0.717, 1.165) is 24.1 Å². The van der Waals surface area contributed by atoms with E-state index in [0.29, 0.717) is 4.47 Å². The topological polar surface area (TPSA) is 12.0 Å². The van der Waals surface area contributed by atoms with Gasteiger partial charge < -0.3 is 5.32 Å². The maximum absolute atomic E-state index is 13.7. The molecule has 0 heterocycles. The van der Waals surface area contributed by atoms with Crippen LogP contribution in [0.2, 0.25) is 0 Å². The van der Waals surface area contributed by atoms with Crippen molar-refractivity contribution >= 4 is 15.9 Å². The minimum absolute atomic E-state index is 0.141. The van der Waals surface area contributed by atoms with E-state index in [9.17, 15) is 8.78 Å². The molecule has 0 bridgehead atoms. The lowest BCUT2D eigenvalue weighted by Gasteiger charge is -2.20. The second kappa shape index (κ2) is 6.95. The van der Waals surface area contributed by atoms with Crippen LogP contribution in [-0.4, -0.2) is 6.54 Å². The zero-order chi connectivity index (χ0) is 14.5. The van der Waals surface area contributed by atoms with Crippen LogP contribution in [0.15, 0.2) is 46.9 Å². The largest absolute Gasteiger partial charge is 0.306 e. The fourth-order valence-electron chi connectivity index (χ4n) is 2.06. The first kappa shape index (κ1) is 15.1. The smallest absolute Gasteiger partial charge is 0.137 e. The van der Waals surface area contributed by atoms with Gasteiger partial charge in [-0.25, -0.2) is 8.78 Å². The van der Waals surface area contributed by atoms with E-state index >= 15 is 0 Å². The highest BCUT2D eigenvalue weighted by Gasteiger charge is 2.15. The zero-order valence-corrected chi connectivity index (χ0v) is 12.8. The summed E-state index contributed by atoms with van der Waals surface area (Å²) in [4.78, 5) is 0. The second-order valence-electron chi connectivity index (χ2n) is 4.61. The summed E-state index contributed by atoms with van der Waals surface area (Å²) in [5.41, 5.74) is 1.74. The van der Waals surface area contributed by atoms with Gasteiger partial charge in [0.05, 0.1) is 10.5 Å². The molecule has 1 nitrogen and oxygen atoms in total. The Bertz CT molecular complexity index is 569. The highest BCUT2D eigenvalue weighted by molar-refractivity contribution is 9.10. The Balaban J connectivity index is 2.35. The lowest BCUT2D eigenvalue weighted by atomic mass is 9.98. The third-order valence-corrected chi connectivity index (χ3v) is 3.72. The van der Waals surface area contributed by atoms with Crippen molar-refractivity contribution in [2.45, 2.75) is 19.4 Å². The summed E-state index contributed by atoms with van der Waals surface area (Å²) in [6.45, 7) is 2.87. The van der Waals surface area contributed by atoms with Crippen molar-refractivity contribution in [2.75, 3.05) is 6.54 Å². The molecule has 0 spiro atoms. The van der Waals surface area contributed by atoms with Crippen molar-refractivity contribution in [1.29, 1.82) is 0 Å². The lowest BCUT2D eigenvalue weighted by Crippen LogP contribution is -2.23.